The molecule has 35 heavy (non-hydrogen) atoms. The Morgan fingerprint density at radius 2 is 1.74 bits per heavy atom. The van der Waals surface area contributed by atoms with Crippen LogP contribution >= 0.6 is 11.3 Å². The minimum absolute atomic E-state index is 0.00825. The first kappa shape index (κ1) is 24.9. The Balaban J connectivity index is 1.35. The second-order valence-electron chi connectivity index (χ2n) is 8.70. The van der Waals surface area contributed by atoms with E-state index in [9.17, 15) is 14.0 Å². The van der Waals surface area contributed by atoms with E-state index in [1.807, 2.05) is 37.3 Å². The molecule has 0 radical (unpaired) electrons. The van der Waals surface area contributed by atoms with Crippen molar-refractivity contribution >= 4 is 23.2 Å². The number of aromatic nitrogens is 1. The van der Waals surface area contributed by atoms with Crippen molar-refractivity contribution < 1.29 is 18.7 Å². The fourth-order valence-corrected chi connectivity index (χ4v) is 5.13. The van der Waals surface area contributed by atoms with Gasteiger partial charge in [-0.1, -0.05) is 62.2 Å². The van der Waals surface area contributed by atoms with Gasteiger partial charge in [0, 0.05) is 17.5 Å². The maximum atomic E-state index is 13.7. The minimum Gasteiger partial charge on any atom is -0.483 e. The van der Waals surface area contributed by atoms with Gasteiger partial charge >= 0.3 is 0 Å². The monoisotopic (exact) mass is 495 g/mol. The molecule has 1 saturated carbocycles. The van der Waals surface area contributed by atoms with Crippen molar-refractivity contribution in [3.8, 4) is 5.75 Å². The number of carbonyl (C=O) groups is 2. The van der Waals surface area contributed by atoms with Gasteiger partial charge in [0.1, 0.15) is 17.3 Å². The van der Waals surface area contributed by atoms with Gasteiger partial charge in [0.15, 0.2) is 11.6 Å². The van der Waals surface area contributed by atoms with Crippen molar-refractivity contribution in [2.75, 3.05) is 0 Å². The Morgan fingerprint density at radius 1 is 1.06 bits per heavy atom. The van der Waals surface area contributed by atoms with Crippen molar-refractivity contribution in [3.63, 3.8) is 0 Å². The molecule has 0 unspecified atom stereocenters. The summed E-state index contributed by atoms with van der Waals surface area (Å²) < 4.78 is 19.2. The number of amides is 2. The molecule has 0 saturated heterocycles. The normalized spacial score (nSPS) is 18.5. The highest BCUT2D eigenvalue weighted by Gasteiger charge is 2.30. The van der Waals surface area contributed by atoms with E-state index < -0.39 is 5.82 Å². The lowest BCUT2D eigenvalue weighted by atomic mass is 9.88. The number of carbonyl (C=O) groups excluding carboxylic acids is 2. The van der Waals surface area contributed by atoms with Gasteiger partial charge in [-0.2, -0.15) is 0 Å². The molecule has 1 aromatic heterocycles. The van der Waals surface area contributed by atoms with Crippen molar-refractivity contribution in [1.82, 2.24) is 15.6 Å². The fourth-order valence-electron chi connectivity index (χ4n) is 4.44. The van der Waals surface area contributed by atoms with Gasteiger partial charge in [0.2, 0.25) is 5.91 Å². The molecule has 3 aromatic rings. The number of hydrogen-bond acceptors (Lipinski definition) is 5. The third-order valence-corrected chi connectivity index (χ3v) is 7.13. The van der Waals surface area contributed by atoms with E-state index in [-0.39, 0.29) is 42.2 Å². The number of halogens is 1. The Morgan fingerprint density at radius 3 is 2.46 bits per heavy atom. The Bertz CT molecular complexity index is 1140. The van der Waals surface area contributed by atoms with Crippen LogP contribution < -0.4 is 15.4 Å². The smallest absolute Gasteiger partial charge is 0.271 e. The molecule has 2 amide bonds. The van der Waals surface area contributed by atoms with Crippen LogP contribution in [-0.4, -0.2) is 28.9 Å². The van der Waals surface area contributed by atoms with E-state index >= 15 is 0 Å². The van der Waals surface area contributed by atoms with Gasteiger partial charge in [0.25, 0.3) is 5.91 Å². The molecule has 1 aliphatic rings. The molecule has 6 nitrogen and oxygen atoms in total. The van der Waals surface area contributed by atoms with E-state index in [0.29, 0.717) is 17.1 Å². The van der Waals surface area contributed by atoms with Crippen LogP contribution in [0.2, 0.25) is 0 Å². The van der Waals surface area contributed by atoms with Crippen molar-refractivity contribution in [3.05, 3.63) is 82.1 Å². The molecule has 1 aliphatic carbocycles. The van der Waals surface area contributed by atoms with E-state index in [4.69, 9.17) is 4.74 Å². The quantitative estimate of drug-likeness (QED) is 0.427. The SMILES string of the molecule is CC[C@H](C(=O)N[C@@H]1CCCC[C@H]1NC(=O)c1csc(COc2ccccc2F)n1)c1ccccc1. The molecule has 0 bridgehead atoms. The fraction of sp³-hybridized carbons (Fsp3) is 0.370. The summed E-state index contributed by atoms with van der Waals surface area (Å²) in [6.45, 7) is 2.09. The zero-order valence-corrected chi connectivity index (χ0v) is 20.5. The second-order valence-corrected chi connectivity index (χ2v) is 9.64. The molecule has 2 aromatic carbocycles. The molecule has 1 fully saturated rings. The maximum absolute atomic E-state index is 13.7. The average molecular weight is 496 g/mol. The van der Waals surface area contributed by atoms with E-state index in [1.165, 1.54) is 17.4 Å². The van der Waals surface area contributed by atoms with Gasteiger partial charge in [0.05, 0.1) is 5.92 Å². The van der Waals surface area contributed by atoms with Gasteiger partial charge in [-0.05, 0) is 37.0 Å². The largest absolute Gasteiger partial charge is 0.483 e. The predicted octanol–water partition coefficient (Wildman–Crippen LogP) is 5.21. The van der Waals surface area contributed by atoms with Gasteiger partial charge < -0.3 is 15.4 Å². The van der Waals surface area contributed by atoms with E-state index in [1.54, 1.807) is 23.6 Å². The second kappa shape index (κ2) is 11.9. The number of ether oxygens (including phenoxy) is 1. The highest BCUT2D eigenvalue weighted by Crippen LogP contribution is 2.24. The van der Waals surface area contributed by atoms with Gasteiger partial charge in [-0.25, -0.2) is 9.37 Å². The zero-order valence-electron chi connectivity index (χ0n) is 19.7. The van der Waals surface area contributed by atoms with Crippen LogP contribution in [0.4, 0.5) is 4.39 Å². The average Bonchev–Trinajstić information content (AvgIpc) is 3.35. The molecule has 4 rings (SSSR count). The summed E-state index contributed by atoms with van der Waals surface area (Å²) in [5.41, 5.74) is 1.30. The molecule has 8 heteroatoms. The molecular formula is C27H30FN3O3S. The summed E-state index contributed by atoms with van der Waals surface area (Å²) in [7, 11) is 0. The number of hydrogen-bond donors (Lipinski definition) is 2. The standard InChI is InChI=1S/C27H30FN3O3S/c1-2-19(18-10-4-3-5-11-18)26(32)30-21-13-7-8-14-22(21)31-27(33)23-17-35-25(29-23)16-34-24-15-9-6-12-20(24)28/h3-6,9-12,15,17,19,21-22H,2,7-8,13-14,16H2,1H3,(H,30,32)(H,31,33)/t19-,21+,22+/m0/s1. The van der Waals surface area contributed by atoms with Crippen LogP contribution in [-0.2, 0) is 11.4 Å². The van der Waals surface area contributed by atoms with Crippen molar-refractivity contribution in [1.29, 1.82) is 0 Å². The Hall–Kier alpha value is -3.26. The van der Waals surface area contributed by atoms with Crippen molar-refractivity contribution in [2.45, 2.75) is 63.6 Å². The summed E-state index contributed by atoms with van der Waals surface area (Å²) in [6.07, 6.45) is 4.32. The van der Waals surface area contributed by atoms with E-state index in [2.05, 4.69) is 15.6 Å². The zero-order chi connectivity index (χ0) is 24.6. The number of benzene rings is 2. The number of nitrogens with one attached hydrogen (secondary N) is 2. The lowest BCUT2D eigenvalue weighted by Gasteiger charge is -2.33. The summed E-state index contributed by atoms with van der Waals surface area (Å²) in [5, 5.41) is 8.53. The van der Waals surface area contributed by atoms with Gasteiger partial charge in [-0.3, -0.25) is 9.59 Å². The Labute approximate surface area is 208 Å². The first-order chi connectivity index (χ1) is 17.0. The summed E-state index contributed by atoms with van der Waals surface area (Å²) in [5.74, 6) is -0.795. The van der Waals surface area contributed by atoms with Crippen LogP contribution in [0.25, 0.3) is 0 Å². The molecular weight excluding hydrogens is 465 g/mol. The summed E-state index contributed by atoms with van der Waals surface area (Å²) in [6, 6.07) is 15.7. The third kappa shape index (κ3) is 6.45. The summed E-state index contributed by atoms with van der Waals surface area (Å²) in [4.78, 5) is 30.4. The highest BCUT2D eigenvalue weighted by molar-refractivity contribution is 7.09. The van der Waals surface area contributed by atoms with Crippen LogP contribution in [0.3, 0.4) is 0 Å². The van der Waals surface area contributed by atoms with E-state index in [0.717, 1.165) is 31.2 Å². The lowest BCUT2D eigenvalue weighted by Crippen LogP contribution is -2.54. The molecule has 0 spiro atoms. The first-order valence-electron chi connectivity index (χ1n) is 12.0. The molecule has 3 atom stereocenters. The number of thiazole rings is 1. The highest BCUT2D eigenvalue weighted by atomic mass is 32.1. The molecule has 0 aliphatic heterocycles. The van der Waals surface area contributed by atoms with Crippen LogP contribution in [0.5, 0.6) is 5.75 Å². The predicted molar refractivity (Wildman–Crippen MR) is 134 cm³/mol. The number of nitrogens with zero attached hydrogens (tertiary/aromatic N) is 1. The van der Waals surface area contributed by atoms with Crippen LogP contribution in [0.1, 0.15) is 66.0 Å². The summed E-state index contributed by atoms with van der Waals surface area (Å²) >= 11 is 1.29. The molecule has 184 valence electrons. The molecule has 2 N–H and O–H groups in total. The Kier molecular flexibility index (Phi) is 8.47. The number of para-hydroxylation sites is 1. The molecule has 1 heterocycles. The third-order valence-electron chi connectivity index (χ3n) is 6.31. The van der Waals surface area contributed by atoms with Gasteiger partial charge in [-0.15, -0.1) is 11.3 Å². The number of rotatable bonds is 9. The van der Waals surface area contributed by atoms with Crippen LogP contribution in [0, 0.1) is 5.82 Å². The lowest BCUT2D eigenvalue weighted by molar-refractivity contribution is -0.123. The minimum atomic E-state index is -0.440. The topological polar surface area (TPSA) is 80.3 Å². The maximum Gasteiger partial charge on any atom is 0.271 e. The van der Waals surface area contributed by atoms with Crippen molar-refractivity contribution in [2.24, 2.45) is 0 Å². The van der Waals surface area contributed by atoms with Crippen LogP contribution in [0.15, 0.2) is 60.0 Å². The first-order valence-corrected chi connectivity index (χ1v) is 12.9.